The molecule has 1 N–H and O–H groups in total. The van der Waals surface area contributed by atoms with Gasteiger partial charge in [-0.25, -0.2) is 4.98 Å². The molecular weight excluding hydrogens is 334 g/mol. The third-order valence-corrected chi connectivity index (χ3v) is 5.67. The SMILES string of the molecule is CC(C)[C@H]1C[C@@H](O)CC2(CCN(C(=O)c3onc4ncccc34)CC2)O1. The third-order valence-electron chi connectivity index (χ3n) is 5.67. The monoisotopic (exact) mass is 359 g/mol. The number of hydrogen-bond acceptors (Lipinski definition) is 6. The average Bonchev–Trinajstić information content (AvgIpc) is 3.05. The van der Waals surface area contributed by atoms with Gasteiger partial charge in [-0.3, -0.25) is 4.79 Å². The van der Waals surface area contributed by atoms with Crippen molar-refractivity contribution in [2.45, 2.75) is 57.3 Å². The van der Waals surface area contributed by atoms with Crippen LogP contribution in [0.4, 0.5) is 0 Å². The predicted octanol–water partition coefficient (Wildman–Crippen LogP) is 2.39. The summed E-state index contributed by atoms with van der Waals surface area (Å²) in [4.78, 5) is 18.7. The Bertz CT molecular complexity index is 795. The van der Waals surface area contributed by atoms with Crippen molar-refractivity contribution in [3.8, 4) is 0 Å². The van der Waals surface area contributed by atoms with E-state index < -0.39 is 0 Å². The number of carbonyl (C=O) groups excluding carboxylic acids is 1. The van der Waals surface area contributed by atoms with Gasteiger partial charge < -0.3 is 19.3 Å². The molecule has 2 fully saturated rings. The fraction of sp³-hybridized carbons (Fsp3) is 0.632. The normalized spacial score (nSPS) is 25.9. The van der Waals surface area contributed by atoms with Crippen molar-refractivity contribution in [1.82, 2.24) is 15.0 Å². The molecule has 140 valence electrons. The van der Waals surface area contributed by atoms with E-state index in [2.05, 4.69) is 24.0 Å². The van der Waals surface area contributed by atoms with Gasteiger partial charge in [-0.05, 0) is 37.3 Å². The number of likely N-dealkylation sites (tertiary alicyclic amines) is 1. The number of pyridine rings is 1. The van der Waals surface area contributed by atoms with E-state index in [9.17, 15) is 9.90 Å². The van der Waals surface area contributed by atoms with Crippen LogP contribution in [-0.4, -0.2) is 57.0 Å². The molecule has 0 unspecified atom stereocenters. The molecule has 0 aromatic carbocycles. The van der Waals surface area contributed by atoms with E-state index in [1.54, 1.807) is 23.2 Å². The van der Waals surface area contributed by atoms with E-state index in [-0.39, 0.29) is 29.5 Å². The topological polar surface area (TPSA) is 88.7 Å². The summed E-state index contributed by atoms with van der Waals surface area (Å²) < 4.78 is 11.6. The summed E-state index contributed by atoms with van der Waals surface area (Å²) in [6, 6.07) is 3.57. The Balaban J connectivity index is 1.47. The standard InChI is InChI=1S/C19H25N3O4/c1-12(2)15-10-13(23)11-19(25-15)5-8-22(9-6-19)18(24)16-14-4-3-7-20-17(14)21-26-16/h3-4,7,12-13,15,23H,5-6,8-11H2,1-2H3/t13-,15-/m1/s1. The summed E-state index contributed by atoms with van der Waals surface area (Å²) in [7, 11) is 0. The van der Waals surface area contributed by atoms with Crippen molar-refractivity contribution < 1.29 is 19.2 Å². The first-order chi connectivity index (χ1) is 12.5. The van der Waals surface area contributed by atoms with Crippen molar-refractivity contribution in [3.63, 3.8) is 0 Å². The lowest BCUT2D eigenvalue weighted by atomic mass is 9.80. The van der Waals surface area contributed by atoms with Crippen LogP contribution in [0.5, 0.6) is 0 Å². The molecule has 1 spiro atoms. The lowest BCUT2D eigenvalue weighted by Gasteiger charge is -2.48. The minimum absolute atomic E-state index is 0.0743. The van der Waals surface area contributed by atoms with Crippen LogP contribution in [0.25, 0.3) is 11.0 Å². The van der Waals surface area contributed by atoms with Gasteiger partial charge >= 0.3 is 0 Å². The summed E-state index contributed by atoms with van der Waals surface area (Å²) in [5.74, 6) is 0.454. The number of rotatable bonds is 2. The van der Waals surface area contributed by atoms with Crippen LogP contribution in [0.15, 0.2) is 22.9 Å². The number of aliphatic hydroxyl groups excluding tert-OH is 1. The Morgan fingerprint density at radius 3 is 2.88 bits per heavy atom. The Morgan fingerprint density at radius 2 is 2.15 bits per heavy atom. The van der Waals surface area contributed by atoms with Crippen LogP contribution < -0.4 is 0 Å². The maximum atomic E-state index is 12.9. The summed E-state index contributed by atoms with van der Waals surface area (Å²) in [5.41, 5.74) is 0.122. The molecular formula is C19H25N3O4. The summed E-state index contributed by atoms with van der Waals surface area (Å²) >= 11 is 0. The Labute approximate surface area is 152 Å². The van der Waals surface area contributed by atoms with Crippen molar-refractivity contribution in [2.24, 2.45) is 5.92 Å². The van der Waals surface area contributed by atoms with Gasteiger partial charge in [-0.1, -0.05) is 19.0 Å². The molecule has 0 radical (unpaired) electrons. The molecule has 2 saturated heterocycles. The molecule has 2 aliphatic heterocycles. The Morgan fingerprint density at radius 1 is 1.38 bits per heavy atom. The molecule has 0 bridgehead atoms. The number of amides is 1. The summed E-state index contributed by atoms with van der Waals surface area (Å²) in [5, 5.41) is 14.8. The van der Waals surface area contributed by atoms with Gasteiger partial charge in [0.2, 0.25) is 11.4 Å². The number of ether oxygens (including phenoxy) is 1. The van der Waals surface area contributed by atoms with Crippen LogP contribution in [0, 0.1) is 5.92 Å². The maximum absolute atomic E-state index is 12.9. The van der Waals surface area contributed by atoms with Gasteiger partial charge in [0.15, 0.2) is 0 Å². The third kappa shape index (κ3) is 3.10. The molecule has 2 aromatic rings. The molecule has 26 heavy (non-hydrogen) atoms. The largest absolute Gasteiger partial charge is 0.393 e. The second-order valence-electron chi connectivity index (χ2n) is 7.86. The molecule has 7 nitrogen and oxygen atoms in total. The van der Waals surface area contributed by atoms with E-state index in [1.807, 2.05) is 0 Å². The Kier molecular flexibility index (Phi) is 4.44. The molecule has 2 atom stereocenters. The summed E-state index contributed by atoms with van der Waals surface area (Å²) in [6.07, 6.45) is 4.16. The van der Waals surface area contributed by atoms with Crippen LogP contribution in [0.2, 0.25) is 0 Å². The highest BCUT2D eigenvalue weighted by atomic mass is 16.5. The van der Waals surface area contributed by atoms with Crippen molar-refractivity contribution in [2.75, 3.05) is 13.1 Å². The smallest absolute Gasteiger partial charge is 0.293 e. The van der Waals surface area contributed by atoms with Crippen LogP contribution in [0.1, 0.15) is 50.1 Å². The minimum atomic E-state index is -0.331. The number of carbonyl (C=O) groups is 1. The number of fused-ring (bicyclic) bond motifs is 1. The van der Waals surface area contributed by atoms with Gasteiger partial charge in [0.05, 0.1) is 23.2 Å². The number of aliphatic hydroxyl groups is 1. The van der Waals surface area contributed by atoms with E-state index in [1.165, 1.54) is 0 Å². The molecule has 7 heteroatoms. The lowest BCUT2D eigenvalue weighted by molar-refractivity contribution is -0.190. The average molecular weight is 359 g/mol. The number of nitrogens with zero attached hydrogens (tertiary/aromatic N) is 3. The van der Waals surface area contributed by atoms with E-state index in [0.29, 0.717) is 42.9 Å². The van der Waals surface area contributed by atoms with E-state index in [0.717, 1.165) is 12.8 Å². The van der Waals surface area contributed by atoms with E-state index >= 15 is 0 Å². The van der Waals surface area contributed by atoms with E-state index in [4.69, 9.17) is 9.26 Å². The highest BCUT2D eigenvalue weighted by molar-refractivity contribution is 6.02. The maximum Gasteiger partial charge on any atom is 0.293 e. The van der Waals surface area contributed by atoms with Gasteiger partial charge in [0.25, 0.3) is 5.91 Å². The molecule has 0 saturated carbocycles. The molecule has 2 aliphatic rings. The minimum Gasteiger partial charge on any atom is -0.393 e. The second-order valence-corrected chi connectivity index (χ2v) is 7.86. The molecule has 4 heterocycles. The fourth-order valence-corrected chi connectivity index (χ4v) is 4.13. The highest BCUT2D eigenvalue weighted by Gasteiger charge is 2.45. The quantitative estimate of drug-likeness (QED) is 0.886. The lowest BCUT2D eigenvalue weighted by Crippen LogP contribution is -2.54. The number of hydrogen-bond donors (Lipinski definition) is 1. The molecule has 0 aliphatic carbocycles. The summed E-state index contributed by atoms with van der Waals surface area (Å²) in [6.45, 7) is 5.41. The van der Waals surface area contributed by atoms with Gasteiger partial charge in [-0.15, -0.1) is 0 Å². The van der Waals surface area contributed by atoms with Crippen LogP contribution in [0.3, 0.4) is 0 Å². The predicted molar refractivity (Wildman–Crippen MR) is 94.6 cm³/mol. The zero-order chi connectivity index (χ0) is 18.3. The zero-order valence-electron chi connectivity index (χ0n) is 15.2. The Hall–Kier alpha value is -1.99. The highest BCUT2D eigenvalue weighted by Crippen LogP contribution is 2.39. The number of aromatic nitrogens is 2. The fourth-order valence-electron chi connectivity index (χ4n) is 4.13. The first kappa shape index (κ1) is 17.4. The first-order valence-electron chi connectivity index (χ1n) is 9.33. The van der Waals surface area contributed by atoms with Crippen molar-refractivity contribution >= 4 is 16.9 Å². The van der Waals surface area contributed by atoms with Crippen molar-refractivity contribution in [3.05, 3.63) is 24.1 Å². The second kappa shape index (κ2) is 6.63. The molecule has 1 amide bonds. The van der Waals surface area contributed by atoms with Gasteiger partial charge in [0, 0.05) is 25.7 Å². The van der Waals surface area contributed by atoms with Crippen LogP contribution in [-0.2, 0) is 4.74 Å². The van der Waals surface area contributed by atoms with Gasteiger partial charge in [-0.2, -0.15) is 0 Å². The molecule has 2 aromatic heterocycles. The van der Waals surface area contributed by atoms with Gasteiger partial charge in [0.1, 0.15) is 0 Å². The zero-order valence-corrected chi connectivity index (χ0v) is 15.2. The van der Waals surface area contributed by atoms with Crippen LogP contribution >= 0.6 is 0 Å². The first-order valence-corrected chi connectivity index (χ1v) is 9.33. The van der Waals surface area contributed by atoms with Crippen molar-refractivity contribution in [1.29, 1.82) is 0 Å². The molecule has 4 rings (SSSR count). The number of piperidine rings is 1.